The molecule has 20 heavy (non-hydrogen) atoms. The Bertz CT molecular complexity index is 437. The zero-order chi connectivity index (χ0) is 14.7. The Kier molecular flexibility index (Phi) is 5.03. The lowest BCUT2D eigenvalue weighted by molar-refractivity contribution is 0.0970. The van der Waals surface area contributed by atoms with Crippen molar-refractivity contribution in [2.45, 2.75) is 58.6 Å². The molecule has 1 aliphatic rings. The van der Waals surface area contributed by atoms with Crippen LogP contribution < -0.4 is 10.5 Å². The van der Waals surface area contributed by atoms with Crippen LogP contribution in [0.1, 0.15) is 45.6 Å². The van der Waals surface area contributed by atoms with E-state index in [4.69, 9.17) is 10.5 Å². The molecule has 2 N–H and O–H groups in total. The second-order valence-electron chi connectivity index (χ2n) is 6.60. The van der Waals surface area contributed by atoms with Crippen molar-refractivity contribution in [3.63, 3.8) is 0 Å². The molecule has 1 aromatic carbocycles. The third-order valence-corrected chi connectivity index (χ3v) is 3.98. The minimum atomic E-state index is -0.269. The van der Waals surface area contributed by atoms with Gasteiger partial charge in [0.15, 0.2) is 11.6 Å². The highest BCUT2D eigenvalue weighted by Crippen LogP contribution is 2.32. The number of hydrogen-bond acceptors (Lipinski definition) is 2. The van der Waals surface area contributed by atoms with E-state index in [-0.39, 0.29) is 18.0 Å². The fourth-order valence-electron chi connectivity index (χ4n) is 3.29. The van der Waals surface area contributed by atoms with Crippen LogP contribution in [0.15, 0.2) is 18.2 Å². The highest BCUT2D eigenvalue weighted by molar-refractivity contribution is 5.30. The molecule has 0 saturated heterocycles. The number of halogens is 1. The monoisotopic (exact) mass is 279 g/mol. The van der Waals surface area contributed by atoms with Crippen molar-refractivity contribution in [3.05, 3.63) is 29.6 Å². The molecule has 1 fully saturated rings. The Balaban J connectivity index is 2.02. The number of ether oxygens (including phenoxy) is 1. The van der Waals surface area contributed by atoms with Gasteiger partial charge in [0.1, 0.15) is 0 Å². The fourth-order valence-corrected chi connectivity index (χ4v) is 3.29. The van der Waals surface area contributed by atoms with Crippen molar-refractivity contribution in [1.82, 2.24) is 0 Å². The summed E-state index contributed by atoms with van der Waals surface area (Å²) >= 11 is 0. The standard InChI is InChI=1S/C17H26FNO/c1-11-6-12(2)8-15(7-11)20-17-5-4-14(9-13(3)19)10-16(17)18/h4-5,10-13,15H,6-9,19H2,1-3H3. The van der Waals surface area contributed by atoms with Crippen LogP contribution >= 0.6 is 0 Å². The summed E-state index contributed by atoms with van der Waals surface area (Å²) in [4.78, 5) is 0. The lowest BCUT2D eigenvalue weighted by Crippen LogP contribution is -2.28. The summed E-state index contributed by atoms with van der Waals surface area (Å²) in [5.74, 6) is 1.42. The van der Waals surface area contributed by atoms with Gasteiger partial charge in [-0.1, -0.05) is 19.9 Å². The molecule has 3 atom stereocenters. The SMILES string of the molecule is CC(N)Cc1ccc(OC2CC(C)CC(C)C2)c(F)c1. The molecule has 2 nitrogen and oxygen atoms in total. The summed E-state index contributed by atoms with van der Waals surface area (Å²) in [5.41, 5.74) is 6.66. The molecule has 0 spiro atoms. The van der Waals surface area contributed by atoms with Crippen LogP contribution in [0, 0.1) is 17.7 Å². The molecule has 0 amide bonds. The van der Waals surface area contributed by atoms with Gasteiger partial charge in [-0.05, 0) is 62.1 Å². The average Bonchev–Trinajstić information content (AvgIpc) is 2.30. The molecule has 0 radical (unpaired) electrons. The predicted molar refractivity (Wildman–Crippen MR) is 80.3 cm³/mol. The maximum atomic E-state index is 14.1. The molecular weight excluding hydrogens is 253 g/mol. The number of hydrogen-bond donors (Lipinski definition) is 1. The molecule has 3 unspecified atom stereocenters. The van der Waals surface area contributed by atoms with E-state index in [0.29, 0.717) is 24.0 Å². The molecule has 1 aromatic rings. The Morgan fingerprint density at radius 2 is 1.90 bits per heavy atom. The Morgan fingerprint density at radius 3 is 2.45 bits per heavy atom. The maximum absolute atomic E-state index is 14.1. The summed E-state index contributed by atoms with van der Waals surface area (Å²) in [6.07, 6.45) is 4.11. The maximum Gasteiger partial charge on any atom is 0.165 e. The first-order valence-electron chi connectivity index (χ1n) is 7.64. The Hall–Kier alpha value is -1.09. The summed E-state index contributed by atoms with van der Waals surface area (Å²) in [7, 11) is 0. The molecule has 0 bridgehead atoms. The van der Waals surface area contributed by atoms with Gasteiger partial charge in [-0.15, -0.1) is 0 Å². The second-order valence-corrected chi connectivity index (χ2v) is 6.60. The van der Waals surface area contributed by atoms with Gasteiger partial charge in [-0.2, -0.15) is 0 Å². The van der Waals surface area contributed by atoms with Gasteiger partial charge in [0.2, 0.25) is 0 Å². The Labute approximate surface area is 121 Å². The van der Waals surface area contributed by atoms with Crippen LogP contribution in [-0.2, 0) is 6.42 Å². The normalized spacial score (nSPS) is 28.1. The van der Waals surface area contributed by atoms with Gasteiger partial charge >= 0.3 is 0 Å². The van der Waals surface area contributed by atoms with Crippen molar-refractivity contribution in [2.75, 3.05) is 0 Å². The molecular formula is C17H26FNO. The van der Waals surface area contributed by atoms with Crippen LogP contribution in [0.4, 0.5) is 4.39 Å². The van der Waals surface area contributed by atoms with E-state index < -0.39 is 0 Å². The summed E-state index contributed by atoms with van der Waals surface area (Å²) in [6, 6.07) is 5.25. The first-order chi connectivity index (χ1) is 9.44. The van der Waals surface area contributed by atoms with E-state index >= 15 is 0 Å². The molecule has 112 valence electrons. The summed E-state index contributed by atoms with van der Waals surface area (Å²) < 4.78 is 20.0. The van der Waals surface area contributed by atoms with Crippen molar-refractivity contribution in [1.29, 1.82) is 0 Å². The zero-order valence-electron chi connectivity index (χ0n) is 12.7. The predicted octanol–water partition coefficient (Wildman–Crippen LogP) is 3.92. The smallest absolute Gasteiger partial charge is 0.165 e. The minimum absolute atomic E-state index is 0.0428. The van der Waals surface area contributed by atoms with E-state index in [0.717, 1.165) is 18.4 Å². The third kappa shape index (κ3) is 4.20. The largest absolute Gasteiger partial charge is 0.487 e. The van der Waals surface area contributed by atoms with Gasteiger partial charge in [-0.3, -0.25) is 0 Å². The van der Waals surface area contributed by atoms with E-state index in [2.05, 4.69) is 13.8 Å². The average molecular weight is 279 g/mol. The fraction of sp³-hybridized carbons (Fsp3) is 0.647. The molecule has 3 heteroatoms. The molecule has 1 saturated carbocycles. The van der Waals surface area contributed by atoms with E-state index in [9.17, 15) is 4.39 Å². The van der Waals surface area contributed by atoms with Crippen molar-refractivity contribution in [3.8, 4) is 5.75 Å². The van der Waals surface area contributed by atoms with Crippen LogP contribution in [0.5, 0.6) is 5.75 Å². The van der Waals surface area contributed by atoms with Crippen LogP contribution in [-0.4, -0.2) is 12.1 Å². The van der Waals surface area contributed by atoms with Gasteiger partial charge in [0.25, 0.3) is 0 Å². The van der Waals surface area contributed by atoms with E-state index in [1.807, 2.05) is 13.0 Å². The second kappa shape index (κ2) is 6.57. The molecule has 0 aromatic heterocycles. The zero-order valence-corrected chi connectivity index (χ0v) is 12.7. The number of nitrogens with two attached hydrogens (primary N) is 1. The van der Waals surface area contributed by atoms with Crippen molar-refractivity contribution < 1.29 is 9.13 Å². The third-order valence-electron chi connectivity index (χ3n) is 3.98. The molecule has 0 heterocycles. The van der Waals surface area contributed by atoms with Crippen LogP contribution in [0.2, 0.25) is 0 Å². The molecule has 1 aliphatic carbocycles. The minimum Gasteiger partial charge on any atom is -0.487 e. The number of benzene rings is 1. The summed E-state index contributed by atoms with van der Waals surface area (Å²) in [6.45, 7) is 6.41. The Morgan fingerprint density at radius 1 is 1.25 bits per heavy atom. The summed E-state index contributed by atoms with van der Waals surface area (Å²) in [5, 5.41) is 0. The van der Waals surface area contributed by atoms with E-state index in [1.54, 1.807) is 12.1 Å². The first-order valence-corrected chi connectivity index (χ1v) is 7.64. The highest BCUT2D eigenvalue weighted by atomic mass is 19.1. The first kappa shape index (κ1) is 15.3. The van der Waals surface area contributed by atoms with Gasteiger partial charge in [-0.25, -0.2) is 4.39 Å². The highest BCUT2D eigenvalue weighted by Gasteiger charge is 2.25. The van der Waals surface area contributed by atoms with Crippen molar-refractivity contribution in [2.24, 2.45) is 17.6 Å². The quantitative estimate of drug-likeness (QED) is 0.906. The molecule has 0 aliphatic heterocycles. The van der Waals surface area contributed by atoms with Crippen LogP contribution in [0.25, 0.3) is 0 Å². The van der Waals surface area contributed by atoms with Gasteiger partial charge in [0.05, 0.1) is 6.10 Å². The lowest BCUT2D eigenvalue weighted by atomic mass is 9.82. The van der Waals surface area contributed by atoms with Gasteiger partial charge < -0.3 is 10.5 Å². The lowest BCUT2D eigenvalue weighted by Gasteiger charge is -2.31. The topological polar surface area (TPSA) is 35.2 Å². The molecule has 2 rings (SSSR count). The van der Waals surface area contributed by atoms with Crippen molar-refractivity contribution >= 4 is 0 Å². The van der Waals surface area contributed by atoms with E-state index in [1.165, 1.54) is 6.42 Å². The number of rotatable bonds is 4. The van der Waals surface area contributed by atoms with Gasteiger partial charge in [0, 0.05) is 6.04 Å². The van der Waals surface area contributed by atoms with Crippen LogP contribution in [0.3, 0.4) is 0 Å².